The first-order valence-electron chi connectivity index (χ1n) is 3.21. The van der Waals surface area contributed by atoms with Crippen molar-refractivity contribution in [1.29, 1.82) is 0 Å². The Morgan fingerprint density at radius 3 is 2.00 bits per heavy atom. The van der Waals surface area contributed by atoms with Crippen LogP contribution < -0.4 is 0 Å². The third kappa shape index (κ3) is 1.22. The Bertz CT molecular complexity index is 148. The molecule has 66 valence electrons. The topological polar surface area (TPSA) is 29.5 Å². The standard InChI is InChI=1S/C6H9F3O2/c1-11-5(6(7,8)9)2-4(10)3-5/h4,10H,2-3H2,1H3. The van der Waals surface area contributed by atoms with Crippen LogP contribution in [0.3, 0.4) is 0 Å². The van der Waals surface area contributed by atoms with Gasteiger partial charge in [0, 0.05) is 20.0 Å². The molecule has 0 spiro atoms. The largest absolute Gasteiger partial charge is 0.417 e. The smallest absolute Gasteiger partial charge is 0.393 e. The molecule has 0 aromatic rings. The van der Waals surface area contributed by atoms with Crippen LogP contribution in [-0.2, 0) is 4.74 Å². The first kappa shape index (κ1) is 8.80. The van der Waals surface area contributed by atoms with E-state index in [9.17, 15) is 13.2 Å². The van der Waals surface area contributed by atoms with Gasteiger partial charge in [0.15, 0.2) is 5.60 Å². The summed E-state index contributed by atoms with van der Waals surface area (Å²) in [5.41, 5.74) is -2.08. The Morgan fingerprint density at radius 1 is 1.45 bits per heavy atom. The van der Waals surface area contributed by atoms with E-state index in [1.165, 1.54) is 0 Å². The Hall–Kier alpha value is -0.290. The zero-order chi connectivity index (χ0) is 8.70. The van der Waals surface area contributed by atoms with Gasteiger partial charge >= 0.3 is 6.18 Å². The molecule has 2 nitrogen and oxygen atoms in total. The summed E-state index contributed by atoms with van der Waals surface area (Å²) in [6, 6.07) is 0. The van der Waals surface area contributed by atoms with Crippen LogP contribution in [0.15, 0.2) is 0 Å². The van der Waals surface area contributed by atoms with Crippen LogP contribution in [0.25, 0.3) is 0 Å². The number of aliphatic hydroxyl groups is 1. The second-order valence-electron chi connectivity index (χ2n) is 2.76. The van der Waals surface area contributed by atoms with Crippen molar-refractivity contribution in [1.82, 2.24) is 0 Å². The van der Waals surface area contributed by atoms with Gasteiger partial charge in [-0.15, -0.1) is 0 Å². The second-order valence-corrected chi connectivity index (χ2v) is 2.76. The van der Waals surface area contributed by atoms with Gasteiger partial charge in [0.1, 0.15) is 0 Å². The van der Waals surface area contributed by atoms with E-state index in [1.54, 1.807) is 0 Å². The maximum absolute atomic E-state index is 12.1. The maximum Gasteiger partial charge on any atom is 0.417 e. The normalized spacial score (nSPS) is 38.5. The molecule has 1 rings (SSSR count). The van der Waals surface area contributed by atoms with Crippen LogP contribution in [0.1, 0.15) is 12.8 Å². The Labute approximate surface area is 62.0 Å². The summed E-state index contributed by atoms with van der Waals surface area (Å²) in [7, 11) is 1.01. The molecule has 0 unspecified atom stereocenters. The highest BCUT2D eigenvalue weighted by Crippen LogP contribution is 2.47. The van der Waals surface area contributed by atoms with Crippen LogP contribution in [0.2, 0.25) is 0 Å². The van der Waals surface area contributed by atoms with Crippen LogP contribution in [0.5, 0.6) is 0 Å². The number of ether oxygens (including phenoxy) is 1. The minimum Gasteiger partial charge on any atom is -0.393 e. The average Bonchev–Trinajstić information content (AvgIpc) is 1.77. The highest BCUT2D eigenvalue weighted by atomic mass is 19.4. The number of methoxy groups -OCH3 is 1. The molecule has 0 saturated heterocycles. The molecule has 1 fully saturated rings. The Balaban J connectivity index is 2.65. The van der Waals surface area contributed by atoms with Gasteiger partial charge in [-0.1, -0.05) is 0 Å². The molecular formula is C6H9F3O2. The Kier molecular flexibility index (Phi) is 1.88. The molecule has 0 heterocycles. The van der Waals surface area contributed by atoms with E-state index in [-0.39, 0.29) is 12.8 Å². The molecule has 0 radical (unpaired) electrons. The lowest BCUT2D eigenvalue weighted by atomic mass is 9.77. The van der Waals surface area contributed by atoms with Crippen molar-refractivity contribution in [2.75, 3.05) is 7.11 Å². The van der Waals surface area contributed by atoms with E-state index in [0.717, 1.165) is 7.11 Å². The highest BCUT2D eigenvalue weighted by molar-refractivity contribution is 5.01. The van der Waals surface area contributed by atoms with Crippen LogP contribution in [0.4, 0.5) is 13.2 Å². The van der Waals surface area contributed by atoms with Gasteiger partial charge in [0.25, 0.3) is 0 Å². The number of hydrogen-bond acceptors (Lipinski definition) is 2. The molecular weight excluding hydrogens is 161 g/mol. The SMILES string of the molecule is COC1(C(F)(F)F)CC(O)C1. The molecule has 11 heavy (non-hydrogen) atoms. The lowest BCUT2D eigenvalue weighted by molar-refractivity contribution is -0.315. The summed E-state index contributed by atoms with van der Waals surface area (Å²) in [5.74, 6) is 0. The molecule has 0 aromatic carbocycles. The van der Waals surface area contributed by atoms with Crippen molar-refractivity contribution in [3.63, 3.8) is 0 Å². The minimum atomic E-state index is -4.36. The molecule has 0 atom stereocenters. The van der Waals surface area contributed by atoms with Gasteiger partial charge in [0.05, 0.1) is 6.10 Å². The summed E-state index contributed by atoms with van der Waals surface area (Å²) in [6.45, 7) is 0. The van der Waals surface area contributed by atoms with Crippen molar-refractivity contribution in [2.24, 2.45) is 0 Å². The minimum absolute atomic E-state index is 0.340. The first-order chi connectivity index (χ1) is 4.91. The Morgan fingerprint density at radius 2 is 1.91 bits per heavy atom. The lowest BCUT2D eigenvalue weighted by Crippen LogP contribution is -2.58. The third-order valence-electron chi connectivity index (χ3n) is 2.04. The molecule has 1 N–H and O–H groups in total. The fourth-order valence-electron chi connectivity index (χ4n) is 1.22. The number of hydrogen-bond donors (Lipinski definition) is 1. The predicted molar refractivity (Wildman–Crippen MR) is 31.0 cm³/mol. The number of halogens is 3. The third-order valence-corrected chi connectivity index (χ3v) is 2.04. The molecule has 1 aliphatic rings. The number of alkyl halides is 3. The van der Waals surface area contributed by atoms with E-state index in [2.05, 4.69) is 4.74 Å². The maximum atomic E-state index is 12.1. The molecule has 5 heteroatoms. The molecule has 0 aromatic heterocycles. The summed E-state index contributed by atoms with van der Waals surface area (Å²) < 4.78 is 40.6. The molecule has 0 amide bonds. The lowest BCUT2D eigenvalue weighted by Gasteiger charge is -2.44. The summed E-state index contributed by atoms with van der Waals surface area (Å²) in [6.07, 6.45) is -5.90. The highest BCUT2D eigenvalue weighted by Gasteiger charge is 2.62. The van der Waals surface area contributed by atoms with E-state index < -0.39 is 17.9 Å². The van der Waals surface area contributed by atoms with Crippen LogP contribution in [-0.4, -0.2) is 30.1 Å². The van der Waals surface area contributed by atoms with E-state index in [0.29, 0.717) is 0 Å². The van der Waals surface area contributed by atoms with Crippen molar-refractivity contribution < 1.29 is 23.0 Å². The van der Waals surface area contributed by atoms with Gasteiger partial charge in [0.2, 0.25) is 0 Å². The quantitative estimate of drug-likeness (QED) is 0.638. The average molecular weight is 170 g/mol. The fraction of sp³-hybridized carbons (Fsp3) is 1.00. The monoisotopic (exact) mass is 170 g/mol. The van der Waals surface area contributed by atoms with Gasteiger partial charge < -0.3 is 9.84 Å². The van der Waals surface area contributed by atoms with Crippen LogP contribution in [0, 0.1) is 0 Å². The number of rotatable bonds is 1. The van der Waals surface area contributed by atoms with Crippen molar-refractivity contribution in [2.45, 2.75) is 30.7 Å². The van der Waals surface area contributed by atoms with E-state index >= 15 is 0 Å². The van der Waals surface area contributed by atoms with E-state index in [1.807, 2.05) is 0 Å². The zero-order valence-corrected chi connectivity index (χ0v) is 5.98. The second kappa shape index (κ2) is 2.35. The fourth-order valence-corrected chi connectivity index (χ4v) is 1.22. The van der Waals surface area contributed by atoms with Gasteiger partial charge in [-0.05, 0) is 0 Å². The number of aliphatic hydroxyl groups excluding tert-OH is 1. The molecule has 0 aliphatic heterocycles. The summed E-state index contributed by atoms with van der Waals surface area (Å²) >= 11 is 0. The molecule has 1 aliphatic carbocycles. The van der Waals surface area contributed by atoms with Crippen molar-refractivity contribution >= 4 is 0 Å². The van der Waals surface area contributed by atoms with E-state index in [4.69, 9.17) is 5.11 Å². The predicted octanol–water partition coefficient (Wildman–Crippen LogP) is 1.09. The first-order valence-corrected chi connectivity index (χ1v) is 3.21. The summed E-state index contributed by atoms with van der Waals surface area (Å²) in [4.78, 5) is 0. The van der Waals surface area contributed by atoms with Gasteiger partial charge in [-0.3, -0.25) is 0 Å². The van der Waals surface area contributed by atoms with Gasteiger partial charge in [-0.2, -0.15) is 13.2 Å². The van der Waals surface area contributed by atoms with Gasteiger partial charge in [-0.25, -0.2) is 0 Å². The molecule has 1 saturated carbocycles. The van der Waals surface area contributed by atoms with Crippen molar-refractivity contribution in [3.05, 3.63) is 0 Å². The molecule has 0 bridgehead atoms. The summed E-state index contributed by atoms with van der Waals surface area (Å²) in [5, 5.41) is 8.70. The van der Waals surface area contributed by atoms with Crippen LogP contribution >= 0.6 is 0 Å². The zero-order valence-electron chi connectivity index (χ0n) is 5.98. The van der Waals surface area contributed by atoms with Crippen molar-refractivity contribution in [3.8, 4) is 0 Å².